The van der Waals surface area contributed by atoms with Gasteiger partial charge in [0.1, 0.15) is 17.6 Å². The van der Waals surface area contributed by atoms with Crippen molar-refractivity contribution >= 4 is 22.7 Å². The van der Waals surface area contributed by atoms with Crippen LogP contribution in [0, 0.1) is 17.6 Å². The largest absolute Gasteiger partial charge is 0.453 e. The molecular formula is C27H32F2N4O4. The van der Waals surface area contributed by atoms with Crippen molar-refractivity contribution in [3.05, 3.63) is 53.7 Å². The van der Waals surface area contributed by atoms with E-state index in [0.717, 1.165) is 18.9 Å². The Kier molecular flexibility index (Phi) is 8.38. The van der Waals surface area contributed by atoms with E-state index in [1.807, 2.05) is 0 Å². The predicted octanol–water partition coefficient (Wildman–Crippen LogP) is 4.52. The molecule has 0 radical (unpaired) electrons. The Morgan fingerprint density at radius 2 is 2.00 bits per heavy atom. The van der Waals surface area contributed by atoms with Crippen LogP contribution in [0.2, 0.25) is 0 Å². The van der Waals surface area contributed by atoms with Crippen LogP contribution in [-0.2, 0) is 16.1 Å². The molecule has 1 aliphatic rings. The zero-order valence-electron chi connectivity index (χ0n) is 21.3. The maximum atomic E-state index is 14.4. The number of ether oxygens (including phenoxy) is 2. The molecule has 10 heteroatoms. The Balaban J connectivity index is 1.69. The van der Waals surface area contributed by atoms with E-state index in [1.165, 1.54) is 6.07 Å². The van der Waals surface area contributed by atoms with E-state index in [-0.39, 0.29) is 23.0 Å². The van der Waals surface area contributed by atoms with Gasteiger partial charge < -0.3 is 19.7 Å². The summed E-state index contributed by atoms with van der Waals surface area (Å²) in [4.78, 5) is 28.4. The summed E-state index contributed by atoms with van der Waals surface area (Å²) in [5, 5.41) is 7.99. The summed E-state index contributed by atoms with van der Waals surface area (Å²) < 4.78 is 40.5. The molecule has 0 unspecified atom stereocenters. The van der Waals surface area contributed by atoms with Crippen molar-refractivity contribution in [1.82, 2.24) is 20.0 Å². The van der Waals surface area contributed by atoms with Crippen molar-refractivity contribution in [2.75, 3.05) is 26.8 Å². The summed E-state index contributed by atoms with van der Waals surface area (Å²) in [5.74, 6) is -2.15. The Morgan fingerprint density at radius 1 is 1.19 bits per heavy atom. The van der Waals surface area contributed by atoms with Crippen LogP contribution < -0.4 is 10.1 Å². The summed E-state index contributed by atoms with van der Waals surface area (Å²) in [6.07, 6.45) is 3.77. The zero-order chi connectivity index (χ0) is 26.5. The predicted molar refractivity (Wildman–Crippen MR) is 135 cm³/mol. The van der Waals surface area contributed by atoms with Crippen LogP contribution in [0.4, 0.5) is 8.78 Å². The molecule has 0 bridgehead atoms. The van der Waals surface area contributed by atoms with Gasteiger partial charge in [-0.3, -0.25) is 14.3 Å². The molecule has 4 rings (SSSR count). The van der Waals surface area contributed by atoms with Gasteiger partial charge in [0.05, 0.1) is 23.9 Å². The van der Waals surface area contributed by atoms with Crippen LogP contribution in [0.5, 0.6) is 11.5 Å². The smallest absolute Gasteiger partial charge is 0.255 e. The molecule has 2 heterocycles. The molecule has 198 valence electrons. The van der Waals surface area contributed by atoms with Gasteiger partial charge in [0.2, 0.25) is 5.91 Å². The molecule has 1 N–H and O–H groups in total. The number of nitrogens with one attached hydrogen (secondary N) is 1. The highest BCUT2D eigenvalue weighted by Crippen LogP contribution is 2.32. The number of carbonyl (C=O) groups is 2. The van der Waals surface area contributed by atoms with Crippen molar-refractivity contribution < 1.29 is 27.8 Å². The van der Waals surface area contributed by atoms with E-state index in [9.17, 15) is 18.4 Å². The van der Waals surface area contributed by atoms with Crippen molar-refractivity contribution in [3.8, 4) is 11.5 Å². The van der Waals surface area contributed by atoms with Gasteiger partial charge >= 0.3 is 0 Å². The van der Waals surface area contributed by atoms with Gasteiger partial charge in [-0.25, -0.2) is 8.78 Å². The van der Waals surface area contributed by atoms with E-state index >= 15 is 0 Å². The SMILES string of the molecule is COCCN1CCCC[C@H](NC(=O)c2cc3c(cnn3CC(C)C)cc2Oc2ccc(F)cc2F)C1=O. The number of nitrogens with zero attached hydrogens (tertiary/aromatic N) is 3. The second-order valence-corrected chi connectivity index (χ2v) is 9.64. The number of amides is 2. The fourth-order valence-corrected chi connectivity index (χ4v) is 4.43. The highest BCUT2D eigenvalue weighted by Gasteiger charge is 2.29. The number of rotatable bonds is 9. The maximum Gasteiger partial charge on any atom is 0.255 e. The Bertz CT molecular complexity index is 1280. The van der Waals surface area contributed by atoms with E-state index in [4.69, 9.17) is 9.47 Å². The molecule has 3 aromatic rings. The highest BCUT2D eigenvalue weighted by atomic mass is 19.1. The van der Waals surface area contributed by atoms with Crippen molar-refractivity contribution in [2.24, 2.45) is 5.92 Å². The van der Waals surface area contributed by atoms with Gasteiger partial charge in [0, 0.05) is 38.2 Å². The Labute approximate surface area is 214 Å². The molecule has 1 fully saturated rings. The third-order valence-electron chi connectivity index (χ3n) is 6.29. The second-order valence-electron chi connectivity index (χ2n) is 9.64. The summed E-state index contributed by atoms with van der Waals surface area (Å²) in [6.45, 7) is 6.20. The number of hydrogen-bond donors (Lipinski definition) is 1. The number of aromatic nitrogens is 2. The fourth-order valence-electron chi connectivity index (χ4n) is 4.43. The average Bonchev–Trinajstić information content (AvgIpc) is 3.15. The molecule has 8 nitrogen and oxygen atoms in total. The number of hydrogen-bond acceptors (Lipinski definition) is 5. The number of methoxy groups -OCH3 is 1. The third-order valence-corrected chi connectivity index (χ3v) is 6.29. The molecule has 0 spiro atoms. The number of fused-ring (bicyclic) bond motifs is 1. The van der Waals surface area contributed by atoms with Gasteiger partial charge in [-0.2, -0.15) is 5.10 Å². The van der Waals surface area contributed by atoms with Gasteiger partial charge in [0.25, 0.3) is 5.91 Å². The van der Waals surface area contributed by atoms with Crippen molar-refractivity contribution in [2.45, 2.75) is 45.7 Å². The first-order valence-electron chi connectivity index (χ1n) is 12.5. The summed E-state index contributed by atoms with van der Waals surface area (Å²) >= 11 is 0. The second kappa shape index (κ2) is 11.7. The molecule has 37 heavy (non-hydrogen) atoms. The molecule has 1 saturated heterocycles. The van der Waals surface area contributed by atoms with Crippen LogP contribution >= 0.6 is 0 Å². The number of carbonyl (C=O) groups excluding carboxylic acids is 2. The lowest BCUT2D eigenvalue weighted by Gasteiger charge is -2.25. The lowest BCUT2D eigenvalue weighted by molar-refractivity contribution is -0.133. The number of benzene rings is 2. The van der Waals surface area contributed by atoms with Gasteiger partial charge in [0.15, 0.2) is 11.6 Å². The molecule has 0 saturated carbocycles. The Morgan fingerprint density at radius 3 is 2.73 bits per heavy atom. The summed E-state index contributed by atoms with van der Waals surface area (Å²) in [6, 6.07) is 5.50. The lowest BCUT2D eigenvalue weighted by atomic mass is 10.1. The van der Waals surface area contributed by atoms with Crippen molar-refractivity contribution in [1.29, 1.82) is 0 Å². The van der Waals surface area contributed by atoms with Gasteiger partial charge in [-0.05, 0) is 49.4 Å². The van der Waals surface area contributed by atoms with E-state index in [2.05, 4.69) is 24.3 Å². The van der Waals surface area contributed by atoms with E-state index < -0.39 is 23.6 Å². The normalized spacial score (nSPS) is 16.3. The Hall–Kier alpha value is -3.53. The minimum absolute atomic E-state index is 0.0805. The fraction of sp³-hybridized carbons (Fsp3) is 0.444. The maximum absolute atomic E-state index is 14.4. The number of likely N-dealkylation sites (tertiary alicyclic amines) is 1. The minimum atomic E-state index is -0.894. The first-order chi connectivity index (χ1) is 17.8. The third kappa shape index (κ3) is 6.25. The first-order valence-corrected chi connectivity index (χ1v) is 12.5. The first kappa shape index (κ1) is 26.5. The van der Waals surface area contributed by atoms with E-state index in [1.54, 1.807) is 35.0 Å². The van der Waals surface area contributed by atoms with Crippen LogP contribution in [-0.4, -0.2) is 59.3 Å². The average molecular weight is 515 g/mol. The van der Waals surface area contributed by atoms with E-state index in [0.29, 0.717) is 55.5 Å². The topological polar surface area (TPSA) is 85.7 Å². The molecule has 1 aromatic heterocycles. The minimum Gasteiger partial charge on any atom is -0.453 e. The molecule has 1 atom stereocenters. The highest BCUT2D eigenvalue weighted by molar-refractivity contribution is 6.03. The molecule has 2 amide bonds. The molecule has 0 aliphatic carbocycles. The quantitative estimate of drug-likeness (QED) is 0.454. The van der Waals surface area contributed by atoms with Gasteiger partial charge in [-0.15, -0.1) is 0 Å². The molecule has 2 aromatic carbocycles. The van der Waals surface area contributed by atoms with Gasteiger partial charge in [-0.1, -0.05) is 13.8 Å². The summed E-state index contributed by atoms with van der Waals surface area (Å²) in [5.41, 5.74) is 0.835. The standard InChI is InChI=1S/C27H32F2N4O4/c1-17(2)16-33-23-14-20(26(34)31-22-6-4-5-9-32(27(22)35)10-11-36-3)25(12-18(23)15-30-33)37-24-8-7-19(28)13-21(24)29/h7-8,12-15,17,22H,4-6,9-11,16H2,1-3H3,(H,31,34)/t22-/m0/s1. The molecular weight excluding hydrogens is 482 g/mol. The summed E-state index contributed by atoms with van der Waals surface area (Å²) in [7, 11) is 1.58. The zero-order valence-corrected chi connectivity index (χ0v) is 21.3. The van der Waals surface area contributed by atoms with Crippen LogP contribution in [0.15, 0.2) is 36.5 Å². The number of halogens is 2. The van der Waals surface area contributed by atoms with Crippen LogP contribution in [0.3, 0.4) is 0 Å². The van der Waals surface area contributed by atoms with Crippen molar-refractivity contribution in [3.63, 3.8) is 0 Å². The van der Waals surface area contributed by atoms with Crippen LogP contribution in [0.1, 0.15) is 43.5 Å². The van der Waals surface area contributed by atoms with Crippen LogP contribution in [0.25, 0.3) is 10.9 Å². The monoisotopic (exact) mass is 514 g/mol. The molecule has 1 aliphatic heterocycles. The lowest BCUT2D eigenvalue weighted by Crippen LogP contribution is -2.48.